The molecule has 1 aromatic heterocycles. The summed E-state index contributed by atoms with van der Waals surface area (Å²) in [6.07, 6.45) is 2.38. The Balaban J connectivity index is 2.07. The largest absolute Gasteiger partial charge is 0.328 e. The van der Waals surface area contributed by atoms with E-state index >= 15 is 0 Å². The van der Waals surface area contributed by atoms with Crippen LogP contribution in [0.15, 0.2) is 12.3 Å². The van der Waals surface area contributed by atoms with E-state index in [0.29, 0.717) is 17.8 Å². The zero-order valence-electron chi connectivity index (χ0n) is 16.8. The molecule has 1 atom stereocenters. The van der Waals surface area contributed by atoms with Crippen LogP contribution >= 0.6 is 0 Å². The summed E-state index contributed by atoms with van der Waals surface area (Å²) in [7, 11) is 0.00140. The molecule has 10 heteroatoms. The first-order valence-corrected chi connectivity index (χ1v) is 10.7. The SMILES string of the molecule is CN(C)CC#CC#Cc1cc2n(c1)C(=O)N(CC[C@](C)(C(=O)NO)S(C)(=O)=O)C2. The summed E-state index contributed by atoms with van der Waals surface area (Å²) in [5.74, 6) is 10.2. The van der Waals surface area contributed by atoms with E-state index in [1.54, 1.807) is 12.3 Å². The molecule has 0 fully saturated rings. The summed E-state index contributed by atoms with van der Waals surface area (Å²) in [5, 5.41) is 8.88. The Labute approximate surface area is 170 Å². The van der Waals surface area contributed by atoms with Gasteiger partial charge in [0.15, 0.2) is 14.6 Å². The fraction of sp³-hybridized carbons (Fsp3) is 0.474. The molecule has 0 spiro atoms. The molecule has 0 saturated carbocycles. The Morgan fingerprint density at radius 3 is 2.62 bits per heavy atom. The van der Waals surface area contributed by atoms with Gasteiger partial charge in [0.25, 0.3) is 5.91 Å². The minimum atomic E-state index is -3.82. The first kappa shape index (κ1) is 22.5. The number of hydroxylamine groups is 1. The number of fused-ring (bicyclic) bond motifs is 1. The summed E-state index contributed by atoms with van der Waals surface area (Å²) in [5.41, 5.74) is 2.77. The molecule has 9 nitrogen and oxygen atoms in total. The van der Waals surface area contributed by atoms with E-state index in [0.717, 1.165) is 6.26 Å². The van der Waals surface area contributed by atoms with Crippen molar-refractivity contribution in [1.82, 2.24) is 19.8 Å². The van der Waals surface area contributed by atoms with E-state index in [1.807, 2.05) is 19.0 Å². The lowest BCUT2D eigenvalue weighted by atomic mass is 10.1. The normalized spacial score (nSPS) is 15.1. The maximum absolute atomic E-state index is 12.6. The number of aromatic nitrogens is 1. The minimum absolute atomic E-state index is 0.0362. The van der Waals surface area contributed by atoms with Crippen LogP contribution in [0.3, 0.4) is 0 Å². The quantitative estimate of drug-likeness (QED) is 0.377. The van der Waals surface area contributed by atoms with Gasteiger partial charge >= 0.3 is 6.03 Å². The predicted octanol–water partition coefficient (Wildman–Crippen LogP) is -0.113. The predicted molar refractivity (Wildman–Crippen MR) is 107 cm³/mol. The zero-order valence-corrected chi connectivity index (χ0v) is 17.6. The highest BCUT2D eigenvalue weighted by atomic mass is 32.2. The van der Waals surface area contributed by atoms with Crippen molar-refractivity contribution < 1.29 is 23.2 Å². The van der Waals surface area contributed by atoms with Crippen LogP contribution in [0.2, 0.25) is 0 Å². The van der Waals surface area contributed by atoms with Gasteiger partial charge in [0.2, 0.25) is 0 Å². The van der Waals surface area contributed by atoms with E-state index in [4.69, 9.17) is 5.21 Å². The molecule has 1 aliphatic rings. The monoisotopic (exact) mass is 420 g/mol. The first-order valence-electron chi connectivity index (χ1n) is 8.78. The van der Waals surface area contributed by atoms with Crippen molar-refractivity contribution in [2.24, 2.45) is 0 Å². The van der Waals surface area contributed by atoms with Gasteiger partial charge < -0.3 is 4.90 Å². The van der Waals surface area contributed by atoms with Crippen molar-refractivity contribution >= 4 is 21.8 Å². The number of carbonyl (C=O) groups excluding carboxylic acids is 2. The van der Waals surface area contributed by atoms with E-state index < -0.39 is 20.5 Å². The molecule has 0 bridgehead atoms. The van der Waals surface area contributed by atoms with Gasteiger partial charge in [0, 0.05) is 30.3 Å². The Kier molecular flexibility index (Phi) is 6.75. The van der Waals surface area contributed by atoms with Crippen molar-refractivity contribution in [2.75, 3.05) is 33.4 Å². The molecule has 0 aliphatic carbocycles. The van der Waals surface area contributed by atoms with E-state index in [-0.39, 0.29) is 25.5 Å². The van der Waals surface area contributed by atoms with Crippen molar-refractivity contribution in [3.8, 4) is 23.7 Å². The molecule has 156 valence electrons. The molecule has 0 radical (unpaired) electrons. The number of carbonyl (C=O) groups is 2. The van der Waals surface area contributed by atoms with Crippen LogP contribution in [0.5, 0.6) is 0 Å². The van der Waals surface area contributed by atoms with Crippen LogP contribution in [0.4, 0.5) is 4.79 Å². The molecule has 1 aliphatic heterocycles. The highest BCUT2D eigenvalue weighted by Gasteiger charge is 2.44. The van der Waals surface area contributed by atoms with E-state index in [9.17, 15) is 18.0 Å². The average molecular weight is 420 g/mol. The van der Waals surface area contributed by atoms with Gasteiger partial charge in [-0.15, -0.1) is 0 Å². The number of nitrogens with one attached hydrogen (secondary N) is 1. The second-order valence-electron chi connectivity index (χ2n) is 7.28. The molecular formula is C19H24N4O5S. The molecule has 0 unspecified atom stereocenters. The Bertz CT molecular complexity index is 1040. The molecule has 1 aromatic rings. The van der Waals surface area contributed by atoms with Crippen molar-refractivity contribution in [3.05, 3.63) is 23.5 Å². The number of sulfone groups is 1. The minimum Gasteiger partial charge on any atom is -0.318 e. The smallest absolute Gasteiger partial charge is 0.318 e. The second-order valence-corrected chi connectivity index (χ2v) is 9.72. The maximum Gasteiger partial charge on any atom is 0.328 e. The topological polar surface area (TPSA) is 112 Å². The van der Waals surface area contributed by atoms with E-state index in [2.05, 4.69) is 23.7 Å². The summed E-state index contributed by atoms with van der Waals surface area (Å²) in [6, 6.07) is 1.45. The molecule has 2 amide bonds. The zero-order chi connectivity index (χ0) is 21.8. The highest BCUT2D eigenvalue weighted by Crippen LogP contribution is 2.25. The maximum atomic E-state index is 12.6. The van der Waals surface area contributed by atoms with Crippen LogP contribution in [0, 0.1) is 23.7 Å². The van der Waals surface area contributed by atoms with Crippen LogP contribution < -0.4 is 5.48 Å². The standard InChI is InChI=1S/C19H24N4O5S/c1-19(17(24)20-26,29(4,27)28)9-11-22-14-16-12-15(13-23(16)18(22)25)8-6-5-7-10-21(2)3/h12-13,26H,9-11,14H2,1-4H3,(H,20,24)/t19-/m1/s1. The van der Waals surface area contributed by atoms with Gasteiger partial charge in [-0.2, -0.15) is 0 Å². The number of hydrogen-bond donors (Lipinski definition) is 2. The summed E-state index contributed by atoms with van der Waals surface area (Å²) < 4.78 is 23.7. The van der Waals surface area contributed by atoms with Crippen molar-refractivity contribution in [2.45, 2.75) is 24.6 Å². The summed E-state index contributed by atoms with van der Waals surface area (Å²) in [4.78, 5) is 27.8. The lowest BCUT2D eigenvalue weighted by Crippen LogP contribution is -2.50. The van der Waals surface area contributed by atoms with Gasteiger partial charge in [-0.1, -0.05) is 11.8 Å². The fourth-order valence-electron chi connectivity index (χ4n) is 2.75. The van der Waals surface area contributed by atoms with Crippen LogP contribution in [-0.4, -0.2) is 78.1 Å². The van der Waals surface area contributed by atoms with Gasteiger partial charge in [-0.3, -0.25) is 19.5 Å². The van der Waals surface area contributed by atoms with Gasteiger partial charge in [0.1, 0.15) is 0 Å². The van der Waals surface area contributed by atoms with E-state index in [1.165, 1.54) is 21.9 Å². The molecule has 0 aromatic carbocycles. The number of hydrogen-bond acceptors (Lipinski definition) is 6. The highest BCUT2D eigenvalue weighted by molar-refractivity contribution is 7.92. The Morgan fingerprint density at radius 2 is 2.07 bits per heavy atom. The van der Waals surface area contributed by atoms with Crippen LogP contribution in [-0.2, 0) is 21.2 Å². The number of nitrogens with zero attached hydrogens (tertiary/aromatic N) is 3. The van der Waals surface area contributed by atoms with Crippen molar-refractivity contribution in [1.29, 1.82) is 0 Å². The second kappa shape index (κ2) is 8.70. The third kappa shape index (κ3) is 4.98. The molecular weight excluding hydrogens is 396 g/mol. The molecule has 2 heterocycles. The first-order chi connectivity index (χ1) is 13.5. The molecule has 0 saturated heterocycles. The Morgan fingerprint density at radius 1 is 1.38 bits per heavy atom. The summed E-state index contributed by atoms with van der Waals surface area (Å²) >= 11 is 0. The molecule has 29 heavy (non-hydrogen) atoms. The van der Waals surface area contributed by atoms with Crippen LogP contribution in [0.25, 0.3) is 0 Å². The van der Waals surface area contributed by atoms with Gasteiger partial charge in [-0.05, 0) is 45.3 Å². The summed E-state index contributed by atoms with van der Waals surface area (Å²) in [6.45, 7) is 2.14. The lowest BCUT2D eigenvalue weighted by molar-refractivity contribution is -0.131. The van der Waals surface area contributed by atoms with Crippen molar-refractivity contribution in [3.63, 3.8) is 0 Å². The van der Waals surface area contributed by atoms with Gasteiger partial charge in [0.05, 0.1) is 13.1 Å². The molecule has 2 rings (SSSR count). The third-order valence-corrected chi connectivity index (χ3v) is 6.77. The lowest BCUT2D eigenvalue weighted by Gasteiger charge is -2.27. The molecule has 2 N–H and O–H groups in total. The average Bonchev–Trinajstić information content (AvgIpc) is 3.16. The van der Waals surface area contributed by atoms with Crippen LogP contribution in [0.1, 0.15) is 24.6 Å². The third-order valence-electron chi connectivity index (χ3n) is 4.74. The number of rotatable bonds is 6. The fourth-order valence-corrected chi connectivity index (χ4v) is 3.59. The van der Waals surface area contributed by atoms with Gasteiger partial charge in [-0.25, -0.2) is 18.7 Å². The number of amides is 2. The Hall–Kier alpha value is -2.79.